The van der Waals surface area contributed by atoms with E-state index in [1.807, 2.05) is 23.1 Å². The number of fused-ring (bicyclic) bond motifs is 2. The molecule has 3 saturated heterocycles. The van der Waals surface area contributed by atoms with Crippen LogP contribution in [0, 0.1) is 5.41 Å². The molecule has 1 aliphatic carbocycles. The van der Waals surface area contributed by atoms with Crippen LogP contribution in [0.2, 0.25) is 0 Å². The van der Waals surface area contributed by atoms with Crippen LogP contribution in [0.4, 0.5) is 43.5 Å². The molecule has 18 heteroatoms. The third-order valence-electron chi connectivity index (χ3n) is 11.6. The number of piperidine rings is 3. The molecule has 2 aromatic heterocycles. The number of aliphatic carboxylic acids is 1. The number of carboxylic acids is 1. The number of hydrogen-bond donors (Lipinski definition) is 4. The van der Waals surface area contributed by atoms with Crippen LogP contribution in [-0.2, 0) is 17.8 Å². The molecule has 1 spiro atoms. The Labute approximate surface area is 308 Å². The van der Waals surface area contributed by atoms with Gasteiger partial charge in [-0.05, 0) is 87.3 Å². The minimum atomic E-state index is -5.08. The van der Waals surface area contributed by atoms with Gasteiger partial charge in [-0.2, -0.15) is 13.2 Å². The Hall–Kier alpha value is -4.16. The third-order valence-corrected chi connectivity index (χ3v) is 11.6. The van der Waals surface area contributed by atoms with E-state index in [4.69, 9.17) is 15.0 Å². The molecular weight excluding hydrogens is 720 g/mol. The van der Waals surface area contributed by atoms with Crippen LogP contribution < -0.4 is 20.9 Å². The Balaban J connectivity index is 0.000000588. The summed E-state index contributed by atoms with van der Waals surface area (Å²) in [6.45, 7) is 5.22. The van der Waals surface area contributed by atoms with Gasteiger partial charge in [0.2, 0.25) is 0 Å². The first kappa shape index (κ1) is 38.1. The Morgan fingerprint density at radius 1 is 1.07 bits per heavy atom. The fourth-order valence-corrected chi connectivity index (χ4v) is 8.47. The molecule has 0 bridgehead atoms. The van der Waals surface area contributed by atoms with Gasteiger partial charge in [-0.25, -0.2) is 27.5 Å². The number of carboxylic acid groups (broad SMARTS) is 1. The van der Waals surface area contributed by atoms with Crippen molar-refractivity contribution in [2.24, 2.45) is 5.41 Å². The Morgan fingerprint density at radius 3 is 2.41 bits per heavy atom. The summed E-state index contributed by atoms with van der Waals surface area (Å²) in [4.78, 5) is 32.3. The van der Waals surface area contributed by atoms with Crippen LogP contribution in [0.5, 0.6) is 0 Å². The van der Waals surface area contributed by atoms with Crippen molar-refractivity contribution in [2.45, 2.75) is 81.8 Å². The maximum atomic E-state index is 15.8. The SMILES string of the molecule is CNc1cc(N2CCc3c(CN4CC[C@H](N5CCC6(CCNCC6)CC5)C(F)(F)C4)cccc32)nn2c(C(=O)N[C@@H]3C[C@@H]3F)cnc12.O=C(O)C(F)(F)F. The number of alkyl halides is 6. The van der Waals surface area contributed by atoms with E-state index in [1.54, 1.807) is 7.05 Å². The normalized spacial score (nSPS) is 25.2. The zero-order chi connectivity index (χ0) is 38.4. The minimum absolute atomic E-state index is 0.226. The quantitative estimate of drug-likeness (QED) is 0.253. The Kier molecular flexibility index (Phi) is 10.5. The second-order valence-electron chi connectivity index (χ2n) is 15.1. The van der Waals surface area contributed by atoms with Gasteiger partial charge in [0, 0.05) is 44.9 Å². The van der Waals surface area contributed by atoms with Crippen molar-refractivity contribution in [1.82, 2.24) is 35.0 Å². The second-order valence-corrected chi connectivity index (χ2v) is 15.1. The molecule has 5 aliphatic rings. The highest BCUT2D eigenvalue weighted by molar-refractivity contribution is 5.94. The molecule has 4 aliphatic heterocycles. The topological polar surface area (TPSA) is 130 Å². The summed E-state index contributed by atoms with van der Waals surface area (Å²) in [7, 11) is 1.79. The van der Waals surface area contributed by atoms with Crippen LogP contribution in [-0.4, -0.2) is 125 Å². The third kappa shape index (κ3) is 7.82. The molecule has 0 unspecified atom stereocenters. The molecule has 3 aromatic rings. The van der Waals surface area contributed by atoms with Gasteiger partial charge in [-0.1, -0.05) is 12.1 Å². The summed E-state index contributed by atoms with van der Waals surface area (Å²) < 4.78 is 78.3. The number of anilines is 3. The molecule has 4 fully saturated rings. The van der Waals surface area contributed by atoms with E-state index < -0.39 is 42.2 Å². The smallest absolute Gasteiger partial charge is 0.475 e. The number of aromatic nitrogens is 3. The summed E-state index contributed by atoms with van der Waals surface area (Å²) >= 11 is 0. The predicted octanol–water partition coefficient (Wildman–Crippen LogP) is 4.61. The first-order valence-corrected chi connectivity index (χ1v) is 18.4. The van der Waals surface area contributed by atoms with Crippen LogP contribution >= 0.6 is 0 Å². The van der Waals surface area contributed by atoms with Gasteiger partial charge in [-0.3, -0.25) is 14.6 Å². The molecule has 1 amide bonds. The second kappa shape index (κ2) is 14.8. The first-order chi connectivity index (χ1) is 25.7. The van der Waals surface area contributed by atoms with E-state index in [-0.39, 0.29) is 12.2 Å². The average molecular weight is 766 g/mol. The van der Waals surface area contributed by atoms with E-state index in [9.17, 15) is 22.4 Å². The number of benzene rings is 1. The van der Waals surface area contributed by atoms with Crippen molar-refractivity contribution in [1.29, 1.82) is 0 Å². The van der Waals surface area contributed by atoms with Gasteiger partial charge in [0.1, 0.15) is 6.17 Å². The van der Waals surface area contributed by atoms with Gasteiger partial charge in [0.25, 0.3) is 11.8 Å². The van der Waals surface area contributed by atoms with Crippen molar-refractivity contribution in [3.8, 4) is 0 Å². The lowest BCUT2D eigenvalue weighted by Crippen LogP contribution is -2.60. The number of hydrogen-bond acceptors (Lipinski definition) is 9. The molecule has 3 atom stereocenters. The number of rotatable bonds is 7. The minimum Gasteiger partial charge on any atom is -0.475 e. The summed E-state index contributed by atoms with van der Waals surface area (Å²) in [6.07, 6.45) is 1.33. The molecule has 1 aromatic carbocycles. The van der Waals surface area contributed by atoms with Crippen molar-refractivity contribution in [2.75, 3.05) is 63.1 Å². The number of imidazole rings is 1. The zero-order valence-electron chi connectivity index (χ0n) is 29.9. The van der Waals surface area contributed by atoms with Gasteiger partial charge < -0.3 is 26.0 Å². The standard InChI is InChI=1S/C34H44F3N9O.C2HF3O2/c1-38-26-18-30(42-46-28(19-40-31(26)46)32(47)41-25-17-24(25)35)45-14-5-23-22(3-2-4-27(23)45)20-43-13-6-29(34(36,37)21-43)44-15-9-33(10-16-44)7-11-39-12-8-33;3-2(4,5)1(6)7/h2-4,18-19,24-25,29,38-39H,5-17,20-21H2,1H3,(H,41,47);(H,6,7)/t24-,25+,29-;/m0./s1. The zero-order valence-corrected chi connectivity index (χ0v) is 29.9. The van der Waals surface area contributed by atoms with E-state index in [0.717, 1.165) is 62.3 Å². The molecule has 4 N–H and O–H groups in total. The lowest BCUT2D eigenvalue weighted by Gasteiger charge is -2.50. The molecule has 12 nitrogen and oxygen atoms in total. The van der Waals surface area contributed by atoms with Crippen LogP contribution in [0.3, 0.4) is 0 Å². The summed E-state index contributed by atoms with van der Waals surface area (Å²) in [5.41, 5.74) is 4.99. The molecule has 294 valence electrons. The maximum Gasteiger partial charge on any atom is 0.490 e. The molecule has 0 radical (unpaired) electrons. The molecule has 54 heavy (non-hydrogen) atoms. The highest BCUT2D eigenvalue weighted by Crippen LogP contribution is 2.43. The fourth-order valence-electron chi connectivity index (χ4n) is 8.47. The number of halogens is 6. The molecule has 6 heterocycles. The van der Waals surface area contributed by atoms with Gasteiger partial charge >= 0.3 is 12.1 Å². The van der Waals surface area contributed by atoms with E-state index >= 15 is 8.78 Å². The Morgan fingerprint density at radius 2 is 1.78 bits per heavy atom. The summed E-state index contributed by atoms with van der Waals surface area (Å²) in [5.74, 6) is -5.29. The van der Waals surface area contributed by atoms with Crippen molar-refractivity contribution < 1.29 is 41.0 Å². The number of likely N-dealkylation sites (tertiary alicyclic amines) is 2. The van der Waals surface area contributed by atoms with Crippen LogP contribution in [0.15, 0.2) is 30.5 Å². The largest absolute Gasteiger partial charge is 0.490 e. The van der Waals surface area contributed by atoms with Gasteiger partial charge in [-0.15, -0.1) is 5.10 Å². The highest BCUT2D eigenvalue weighted by atomic mass is 19.4. The molecule has 1 saturated carbocycles. The van der Waals surface area contributed by atoms with Crippen molar-refractivity contribution in [3.05, 3.63) is 47.3 Å². The van der Waals surface area contributed by atoms with Crippen LogP contribution in [0.1, 0.15) is 60.1 Å². The monoisotopic (exact) mass is 765 g/mol. The first-order valence-electron chi connectivity index (χ1n) is 18.4. The maximum absolute atomic E-state index is 15.8. The van der Waals surface area contributed by atoms with Crippen molar-refractivity contribution >= 4 is 34.7 Å². The van der Waals surface area contributed by atoms with Crippen LogP contribution in [0.25, 0.3) is 5.65 Å². The highest BCUT2D eigenvalue weighted by Gasteiger charge is 2.49. The lowest BCUT2D eigenvalue weighted by atomic mass is 9.71. The van der Waals surface area contributed by atoms with E-state index in [2.05, 4.69) is 36.8 Å². The summed E-state index contributed by atoms with van der Waals surface area (Å²) in [5, 5.41) is 21.2. The number of carbonyl (C=O) groups excluding carboxylic acids is 1. The number of carbonyl (C=O) groups is 2. The number of nitrogens with zero attached hydrogens (tertiary/aromatic N) is 6. The van der Waals surface area contributed by atoms with E-state index in [0.29, 0.717) is 55.0 Å². The van der Waals surface area contributed by atoms with Gasteiger partial charge in [0.15, 0.2) is 17.2 Å². The summed E-state index contributed by atoms with van der Waals surface area (Å²) in [6, 6.07) is 6.83. The Bertz CT molecular complexity index is 1860. The number of amides is 1. The fraction of sp³-hybridized carbons (Fsp3) is 0.611. The number of nitrogens with one attached hydrogen (secondary N) is 3. The average Bonchev–Trinajstić information content (AvgIpc) is 3.47. The molecular formula is C36H45F6N9O3. The predicted molar refractivity (Wildman–Crippen MR) is 188 cm³/mol. The van der Waals surface area contributed by atoms with Crippen molar-refractivity contribution in [3.63, 3.8) is 0 Å². The van der Waals surface area contributed by atoms with Gasteiger partial charge in [0.05, 0.1) is 30.5 Å². The molecule has 8 rings (SSSR count). The lowest BCUT2D eigenvalue weighted by molar-refractivity contribution is -0.192. The van der Waals surface area contributed by atoms with E-state index in [1.165, 1.54) is 23.6 Å².